The number of ether oxygens (including phenoxy) is 2. The maximum absolute atomic E-state index is 12.1. The third-order valence-corrected chi connectivity index (χ3v) is 3.35. The number of amides is 1. The van der Waals surface area contributed by atoms with Crippen molar-refractivity contribution in [1.82, 2.24) is 4.90 Å². The number of likely N-dealkylation sites (tertiary alicyclic amines) is 1. The summed E-state index contributed by atoms with van der Waals surface area (Å²) in [6.07, 6.45) is 0. The van der Waals surface area contributed by atoms with Crippen LogP contribution in [0.5, 0.6) is 0 Å². The zero-order valence-corrected chi connectivity index (χ0v) is 10.3. The monoisotopic (exact) mass is 258 g/mol. The lowest BCUT2D eigenvalue weighted by molar-refractivity contribution is -0.175. The smallest absolute Gasteiger partial charge is 0.329 e. The number of rotatable bonds is 4. The summed E-state index contributed by atoms with van der Waals surface area (Å²) >= 11 is 0. The fourth-order valence-electron chi connectivity index (χ4n) is 2.30. The molecule has 18 heavy (non-hydrogen) atoms. The first-order valence-corrected chi connectivity index (χ1v) is 5.89. The van der Waals surface area contributed by atoms with Gasteiger partial charge in [0.05, 0.1) is 32.2 Å². The Hall–Kier alpha value is -1.18. The molecule has 7 nitrogen and oxygen atoms in total. The van der Waals surface area contributed by atoms with Gasteiger partial charge in [0, 0.05) is 6.04 Å². The van der Waals surface area contributed by atoms with Crippen molar-refractivity contribution in [2.24, 2.45) is 11.7 Å². The number of hydrogen-bond donors (Lipinski definition) is 2. The number of nitrogens with two attached hydrogens (primary N) is 1. The van der Waals surface area contributed by atoms with Crippen LogP contribution in [0.4, 0.5) is 0 Å². The minimum absolute atomic E-state index is 0.0311. The second-order valence-corrected chi connectivity index (χ2v) is 5.13. The van der Waals surface area contributed by atoms with E-state index < -0.39 is 11.6 Å². The first-order chi connectivity index (χ1) is 8.41. The molecule has 0 saturated carbocycles. The van der Waals surface area contributed by atoms with Crippen molar-refractivity contribution in [2.45, 2.75) is 18.6 Å². The molecule has 3 N–H and O–H groups in total. The minimum Gasteiger partial charge on any atom is -0.480 e. The van der Waals surface area contributed by atoms with Gasteiger partial charge in [0.25, 0.3) is 0 Å². The molecule has 2 atom stereocenters. The van der Waals surface area contributed by atoms with Gasteiger partial charge in [-0.15, -0.1) is 0 Å². The number of nitrogens with zero attached hydrogens (tertiary/aromatic N) is 1. The highest BCUT2D eigenvalue weighted by atomic mass is 16.5. The summed E-state index contributed by atoms with van der Waals surface area (Å²) < 4.78 is 10.4. The van der Waals surface area contributed by atoms with Crippen molar-refractivity contribution in [2.75, 3.05) is 32.9 Å². The summed E-state index contributed by atoms with van der Waals surface area (Å²) in [4.78, 5) is 24.1. The number of carbonyl (C=O) groups excluding carboxylic acids is 1. The van der Waals surface area contributed by atoms with Crippen LogP contribution >= 0.6 is 0 Å². The first-order valence-electron chi connectivity index (χ1n) is 5.89. The van der Waals surface area contributed by atoms with Gasteiger partial charge in [0.1, 0.15) is 12.2 Å². The van der Waals surface area contributed by atoms with Crippen LogP contribution in [-0.2, 0) is 19.1 Å². The van der Waals surface area contributed by atoms with Gasteiger partial charge in [-0.25, -0.2) is 4.79 Å². The predicted molar refractivity (Wildman–Crippen MR) is 60.9 cm³/mol. The van der Waals surface area contributed by atoms with Crippen molar-refractivity contribution in [3.63, 3.8) is 0 Å². The van der Waals surface area contributed by atoms with Crippen LogP contribution in [0.25, 0.3) is 0 Å². The van der Waals surface area contributed by atoms with E-state index >= 15 is 0 Å². The van der Waals surface area contributed by atoms with Crippen molar-refractivity contribution >= 4 is 11.9 Å². The van der Waals surface area contributed by atoms with Gasteiger partial charge in [0.2, 0.25) is 5.91 Å². The predicted octanol–water partition coefficient (Wildman–Crippen LogP) is -1.34. The lowest BCUT2D eigenvalue weighted by Gasteiger charge is -2.48. The van der Waals surface area contributed by atoms with E-state index in [1.54, 1.807) is 11.8 Å². The molecule has 0 aromatic rings. The first kappa shape index (κ1) is 13.3. The molecule has 0 aliphatic carbocycles. The normalized spacial score (nSPS) is 30.0. The third-order valence-electron chi connectivity index (χ3n) is 3.35. The molecule has 0 aromatic carbocycles. The molecule has 1 amide bonds. The van der Waals surface area contributed by atoms with Gasteiger partial charge in [-0.3, -0.25) is 4.79 Å². The Labute approximate surface area is 105 Å². The van der Waals surface area contributed by atoms with Crippen molar-refractivity contribution in [3.8, 4) is 0 Å². The Bertz CT molecular complexity index is 353. The van der Waals surface area contributed by atoms with Crippen LogP contribution in [-0.4, -0.2) is 66.4 Å². The average Bonchev–Trinajstić information content (AvgIpc) is 2.68. The number of hydrogen-bond acceptors (Lipinski definition) is 5. The van der Waals surface area contributed by atoms with E-state index in [-0.39, 0.29) is 24.5 Å². The number of carbonyl (C=O) groups is 2. The maximum atomic E-state index is 12.1. The molecule has 2 aliphatic heterocycles. The largest absolute Gasteiger partial charge is 0.480 e. The molecule has 0 spiro atoms. The van der Waals surface area contributed by atoms with E-state index in [1.807, 2.05) is 0 Å². The van der Waals surface area contributed by atoms with Gasteiger partial charge in [-0.2, -0.15) is 0 Å². The summed E-state index contributed by atoms with van der Waals surface area (Å²) in [5, 5.41) is 8.54. The van der Waals surface area contributed by atoms with Crippen LogP contribution in [0.1, 0.15) is 6.92 Å². The Morgan fingerprint density at radius 2 is 2.17 bits per heavy atom. The molecular formula is C11H18N2O5. The highest BCUT2D eigenvalue weighted by Crippen LogP contribution is 2.27. The highest BCUT2D eigenvalue weighted by Gasteiger charge is 2.46. The molecule has 2 saturated heterocycles. The van der Waals surface area contributed by atoms with Gasteiger partial charge in [0.15, 0.2) is 0 Å². The van der Waals surface area contributed by atoms with Gasteiger partial charge in [-0.1, -0.05) is 0 Å². The standard InChI is InChI=1S/C11H18N2O5/c1-11(18-4-9(14)15)5-13(6-11)10(16)7-2-17-3-8(7)12/h7-8H,2-6,12H2,1H3,(H,14,15). The average molecular weight is 258 g/mol. The van der Waals surface area contributed by atoms with E-state index in [2.05, 4.69) is 0 Å². The van der Waals surface area contributed by atoms with Crippen LogP contribution < -0.4 is 5.73 Å². The second-order valence-electron chi connectivity index (χ2n) is 5.13. The van der Waals surface area contributed by atoms with E-state index in [9.17, 15) is 9.59 Å². The van der Waals surface area contributed by atoms with Crippen molar-refractivity contribution < 1.29 is 24.2 Å². The maximum Gasteiger partial charge on any atom is 0.329 e. The molecule has 2 heterocycles. The van der Waals surface area contributed by atoms with E-state index in [0.717, 1.165) is 0 Å². The van der Waals surface area contributed by atoms with E-state index in [1.165, 1.54) is 0 Å². The summed E-state index contributed by atoms with van der Waals surface area (Å²) in [5.74, 6) is -1.32. The zero-order chi connectivity index (χ0) is 13.3. The summed E-state index contributed by atoms with van der Waals surface area (Å²) in [6, 6.07) is -0.246. The Morgan fingerprint density at radius 1 is 1.50 bits per heavy atom. The van der Waals surface area contributed by atoms with E-state index in [0.29, 0.717) is 26.3 Å². The third kappa shape index (κ3) is 2.63. The molecule has 0 bridgehead atoms. The fraction of sp³-hybridized carbons (Fsp3) is 0.818. The summed E-state index contributed by atoms with van der Waals surface area (Å²) in [5.41, 5.74) is 5.22. The van der Waals surface area contributed by atoms with Crippen molar-refractivity contribution in [1.29, 1.82) is 0 Å². The molecule has 7 heteroatoms. The molecule has 102 valence electrons. The highest BCUT2D eigenvalue weighted by molar-refractivity contribution is 5.81. The quantitative estimate of drug-likeness (QED) is 0.647. The lowest BCUT2D eigenvalue weighted by Crippen LogP contribution is -2.65. The van der Waals surface area contributed by atoms with Gasteiger partial charge >= 0.3 is 5.97 Å². The topological polar surface area (TPSA) is 102 Å². The Kier molecular flexibility index (Phi) is 3.56. The SMILES string of the molecule is CC1(OCC(=O)O)CN(C(=O)C2COCC2N)C1. The van der Waals surface area contributed by atoms with Crippen LogP contribution in [0.2, 0.25) is 0 Å². The number of carboxylic acid groups (broad SMARTS) is 1. The molecule has 2 aliphatic rings. The Morgan fingerprint density at radius 3 is 2.67 bits per heavy atom. The van der Waals surface area contributed by atoms with Gasteiger partial charge < -0.3 is 25.2 Å². The molecule has 2 fully saturated rings. The van der Waals surface area contributed by atoms with E-state index in [4.69, 9.17) is 20.3 Å². The number of carboxylic acids is 1. The van der Waals surface area contributed by atoms with Crippen LogP contribution in [0.15, 0.2) is 0 Å². The summed E-state index contributed by atoms with van der Waals surface area (Å²) in [7, 11) is 0. The lowest BCUT2D eigenvalue weighted by atomic mass is 9.92. The van der Waals surface area contributed by atoms with Crippen molar-refractivity contribution in [3.05, 3.63) is 0 Å². The molecule has 2 rings (SSSR count). The van der Waals surface area contributed by atoms with Crippen LogP contribution in [0, 0.1) is 5.92 Å². The number of aliphatic carboxylic acids is 1. The molecular weight excluding hydrogens is 240 g/mol. The second kappa shape index (κ2) is 4.83. The Balaban J connectivity index is 1.81. The zero-order valence-electron chi connectivity index (χ0n) is 10.3. The summed E-state index contributed by atoms with van der Waals surface area (Å²) in [6.45, 7) is 3.04. The minimum atomic E-state index is -1.01. The van der Waals surface area contributed by atoms with Crippen LogP contribution in [0.3, 0.4) is 0 Å². The molecule has 0 aromatic heterocycles. The molecule has 0 radical (unpaired) electrons. The van der Waals surface area contributed by atoms with Gasteiger partial charge in [-0.05, 0) is 6.92 Å². The fourth-order valence-corrected chi connectivity index (χ4v) is 2.30. The molecule has 2 unspecified atom stereocenters.